The van der Waals surface area contributed by atoms with Crippen LogP contribution in [-0.4, -0.2) is 24.3 Å². The predicted molar refractivity (Wildman–Crippen MR) is 113 cm³/mol. The fraction of sp³-hybridized carbons (Fsp3) is 0.0476. The van der Waals surface area contributed by atoms with Gasteiger partial charge in [0, 0.05) is 6.08 Å². The van der Waals surface area contributed by atoms with Crippen molar-refractivity contribution in [1.82, 2.24) is 14.7 Å². The van der Waals surface area contributed by atoms with E-state index in [2.05, 4.69) is 20.0 Å². The second kappa shape index (κ2) is 8.36. The second-order valence-corrected chi connectivity index (χ2v) is 8.17. The highest BCUT2D eigenvalue weighted by Crippen LogP contribution is 2.14. The molecule has 0 atom stereocenters. The van der Waals surface area contributed by atoms with Gasteiger partial charge in [0.05, 0.1) is 28.7 Å². The first-order valence-electron chi connectivity index (χ1n) is 9.05. The maximum absolute atomic E-state index is 12.3. The molecule has 2 aromatic heterocycles. The van der Waals surface area contributed by atoms with Gasteiger partial charge in [-0.1, -0.05) is 24.3 Å². The first kappa shape index (κ1) is 19.6. The molecule has 0 unspecified atom stereocenters. The van der Waals surface area contributed by atoms with E-state index in [1.165, 1.54) is 24.5 Å². The van der Waals surface area contributed by atoms with Crippen molar-refractivity contribution < 1.29 is 17.6 Å². The molecule has 9 heteroatoms. The SMILES string of the molecule is O=C(/C=C/c1ccc(S(=O)(=O)NCc2ccco2)cc1)Nc1nc2ccccc2[nH]1. The molecule has 3 N–H and O–H groups in total. The Morgan fingerprint density at radius 3 is 2.60 bits per heavy atom. The van der Waals surface area contributed by atoms with Crippen LogP contribution in [0.1, 0.15) is 11.3 Å². The van der Waals surface area contributed by atoms with Gasteiger partial charge in [-0.3, -0.25) is 10.1 Å². The Kier molecular flexibility index (Phi) is 5.46. The van der Waals surface area contributed by atoms with E-state index < -0.39 is 10.0 Å². The van der Waals surface area contributed by atoms with Crippen molar-refractivity contribution in [2.24, 2.45) is 0 Å². The van der Waals surface area contributed by atoms with Crippen LogP contribution in [0.4, 0.5) is 5.95 Å². The van der Waals surface area contributed by atoms with Crippen LogP contribution < -0.4 is 10.0 Å². The first-order chi connectivity index (χ1) is 14.5. The van der Waals surface area contributed by atoms with Crippen LogP contribution in [0, 0.1) is 0 Å². The average molecular weight is 422 g/mol. The van der Waals surface area contributed by atoms with Gasteiger partial charge in [0.25, 0.3) is 5.91 Å². The number of para-hydroxylation sites is 2. The molecule has 8 nitrogen and oxygen atoms in total. The Labute approximate surface area is 172 Å². The van der Waals surface area contributed by atoms with E-state index in [0.29, 0.717) is 17.3 Å². The smallest absolute Gasteiger partial charge is 0.250 e. The molecule has 1 amide bonds. The number of nitrogens with one attached hydrogen (secondary N) is 3. The van der Waals surface area contributed by atoms with Gasteiger partial charge in [-0.25, -0.2) is 18.1 Å². The molecule has 4 aromatic rings. The Balaban J connectivity index is 1.37. The monoisotopic (exact) mass is 422 g/mol. The van der Waals surface area contributed by atoms with Crippen LogP contribution in [0.3, 0.4) is 0 Å². The van der Waals surface area contributed by atoms with Gasteiger partial charge >= 0.3 is 0 Å². The zero-order valence-corrected chi connectivity index (χ0v) is 16.5. The van der Waals surface area contributed by atoms with Crippen LogP contribution in [0.15, 0.2) is 82.3 Å². The summed E-state index contributed by atoms with van der Waals surface area (Å²) in [6.07, 6.45) is 4.42. The molecule has 0 aliphatic carbocycles. The third-order valence-corrected chi connectivity index (χ3v) is 5.68. The normalized spacial score (nSPS) is 11.9. The number of nitrogens with zero attached hydrogens (tertiary/aromatic N) is 1. The molecule has 30 heavy (non-hydrogen) atoms. The number of H-pyrrole nitrogens is 1. The number of aromatic amines is 1. The van der Waals surface area contributed by atoms with Gasteiger partial charge in [0.2, 0.25) is 16.0 Å². The number of rotatable bonds is 7. The zero-order chi connectivity index (χ0) is 21.0. The van der Waals surface area contributed by atoms with Crippen LogP contribution in [0.2, 0.25) is 0 Å². The Morgan fingerprint density at radius 1 is 1.07 bits per heavy atom. The van der Waals surface area contributed by atoms with Gasteiger partial charge in [-0.15, -0.1) is 0 Å². The van der Waals surface area contributed by atoms with Crippen molar-refractivity contribution in [3.05, 3.63) is 84.3 Å². The van der Waals surface area contributed by atoms with E-state index in [0.717, 1.165) is 11.0 Å². The van der Waals surface area contributed by atoms with Crippen molar-refractivity contribution in [3.8, 4) is 0 Å². The molecule has 0 aliphatic rings. The van der Waals surface area contributed by atoms with Crippen molar-refractivity contribution in [3.63, 3.8) is 0 Å². The van der Waals surface area contributed by atoms with E-state index in [-0.39, 0.29) is 17.3 Å². The molecule has 2 heterocycles. The molecule has 0 fully saturated rings. The van der Waals surface area contributed by atoms with Crippen molar-refractivity contribution in [2.75, 3.05) is 5.32 Å². The minimum absolute atomic E-state index is 0.0684. The topological polar surface area (TPSA) is 117 Å². The number of fused-ring (bicyclic) bond motifs is 1. The lowest BCUT2D eigenvalue weighted by Gasteiger charge is -2.05. The molecule has 2 aromatic carbocycles. The highest BCUT2D eigenvalue weighted by molar-refractivity contribution is 7.89. The van der Waals surface area contributed by atoms with Crippen LogP contribution >= 0.6 is 0 Å². The van der Waals surface area contributed by atoms with E-state index in [4.69, 9.17) is 4.42 Å². The van der Waals surface area contributed by atoms with Crippen LogP contribution in [0.25, 0.3) is 17.1 Å². The third-order valence-electron chi connectivity index (χ3n) is 4.27. The van der Waals surface area contributed by atoms with Gasteiger partial charge in [0.15, 0.2) is 0 Å². The van der Waals surface area contributed by atoms with Gasteiger partial charge < -0.3 is 9.40 Å². The largest absolute Gasteiger partial charge is 0.468 e. The fourth-order valence-electron chi connectivity index (χ4n) is 2.76. The highest BCUT2D eigenvalue weighted by Gasteiger charge is 2.14. The van der Waals surface area contributed by atoms with Gasteiger partial charge in [0.1, 0.15) is 5.76 Å². The second-order valence-electron chi connectivity index (χ2n) is 6.40. The molecular formula is C21H18N4O4S. The van der Waals surface area contributed by atoms with Crippen molar-refractivity contribution in [2.45, 2.75) is 11.4 Å². The van der Waals surface area contributed by atoms with Gasteiger partial charge in [-0.2, -0.15) is 0 Å². The van der Waals surface area contributed by atoms with Crippen molar-refractivity contribution >= 4 is 39.0 Å². The number of carbonyl (C=O) groups is 1. The quantitative estimate of drug-likeness (QED) is 0.395. The maximum Gasteiger partial charge on any atom is 0.250 e. The number of amides is 1. The van der Waals surface area contributed by atoms with Gasteiger partial charge in [-0.05, 0) is 48.0 Å². The number of carbonyl (C=O) groups excluding carboxylic acids is 1. The number of aromatic nitrogens is 2. The van der Waals surface area contributed by atoms with Crippen molar-refractivity contribution in [1.29, 1.82) is 0 Å². The number of benzene rings is 2. The summed E-state index contributed by atoms with van der Waals surface area (Å²) in [4.78, 5) is 19.5. The molecule has 0 radical (unpaired) electrons. The van der Waals surface area contributed by atoms with E-state index in [9.17, 15) is 13.2 Å². The van der Waals surface area contributed by atoms with E-state index >= 15 is 0 Å². The first-order valence-corrected chi connectivity index (χ1v) is 10.5. The Hall–Kier alpha value is -3.69. The van der Waals surface area contributed by atoms with Crippen LogP contribution in [-0.2, 0) is 21.4 Å². The summed E-state index contributed by atoms with van der Waals surface area (Å²) in [6, 6.07) is 17.0. The predicted octanol–water partition coefficient (Wildman–Crippen LogP) is 3.29. The molecule has 0 spiro atoms. The lowest BCUT2D eigenvalue weighted by atomic mass is 10.2. The van der Waals surface area contributed by atoms with E-state index in [1.54, 1.807) is 30.3 Å². The minimum atomic E-state index is -3.66. The minimum Gasteiger partial charge on any atom is -0.468 e. The summed E-state index contributed by atoms with van der Waals surface area (Å²) in [5.74, 6) is 0.523. The van der Waals surface area contributed by atoms with Crippen LogP contribution in [0.5, 0.6) is 0 Å². The summed E-state index contributed by atoms with van der Waals surface area (Å²) in [7, 11) is -3.66. The summed E-state index contributed by atoms with van der Waals surface area (Å²) in [6.45, 7) is 0.0684. The number of hydrogen-bond donors (Lipinski definition) is 3. The summed E-state index contributed by atoms with van der Waals surface area (Å²) in [5.41, 5.74) is 2.27. The summed E-state index contributed by atoms with van der Waals surface area (Å²) in [5, 5.41) is 2.66. The number of sulfonamides is 1. The molecule has 0 aliphatic heterocycles. The number of imidazole rings is 1. The number of anilines is 1. The van der Waals surface area contributed by atoms with E-state index in [1.807, 2.05) is 24.3 Å². The maximum atomic E-state index is 12.3. The molecule has 0 bridgehead atoms. The standard InChI is InChI=1S/C21H18N4O4S/c26-20(25-21-23-18-5-1-2-6-19(18)24-21)12-9-15-7-10-17(11-8-15)30(27,28)22-14-16-4-3-13-29-16/h1-13,22H,14H2,(H2,23,24,25,26)/b12-9+. The molecule has 0 saturated carbocycles. The average Bonchev–Trinajstić information content (AvgIpc) is 3.40. The zero-order valence-electron chi connectivity index (χ0n) is 15.7. The molecular weight excluding hydrogens is 404 g/mol. The molecule has 4 rings (SSSR count). The number of hydrogen-bond acceptors (Lipinski definition) is 5. The Morgan fingerprint density at radius 2 is 1.87 bits per heavy atom. The third kappa shape index (κ3) is 4.65. The fourth-order valence-corrected chi connectivity index (χ4v) is 3.76. The lowest BCUT2D eigenvalue weighted by molar-refractivity contribution is -0.111. The highest BCUT2D eigenvalue weighted by atomic mass is 32.2. The summed E-state index contributed by atoms with van der Waals surface area (Å²) >= 11 is 0. The molecule has 0 saturated heterocycles. The molecule has 152 valence electrons. The number of furan rings is 1. The Bertz CT molecular complexity index is 1260. The lowest BCUT2D eigenvalue weighted by Crippen LogP contribution is -2.22. The summed E-state index contributed by atoms with van der Waals surface area (Å²) < 4.78 is 32.3.